The quantitative estimate of drug-likeness (QED) is 0.172. The molecule has 0 atom stereocenters. The molecule has 68 heavy (non-hydrogen) atoms. The van der Waals surface area contributed by atoms with E-state index < -0.39 is 0 Å². The minimum atomic E-state index is 0.533. The Balaban J connectivity index is 1.02. The number of fused-ring (bicyclic) bond motifs is 13. The summed E-state index contributed by atoms with van der Waals surface area (Å²) in [7, 11) is 0. The van der Waals surface area contributed by atoms with E-state index in [1.54, 1.807) is 0 Å². The van der Waals surface area contributed by atoms with Crippen LogP contribution in [0.2, 0.25) is 0 Å². The van der Waals surface area contributed by atoms with Gasteiger partial charge in [-0.1, -0.05) is 121 Å². The second-order valence-corrected chi connectivity index (χ2v) is 17.6. The Kier molecular flexibility index (Phi) is 7.65. The fourth-order valence-corrected chi connectivity index (χ4v) is 10.7. The van der Waals surface area contributed by atoms with E-state index in [4.69, 9.17) is 23.8 Å². The van der Waals surface area contributed by atoms with Crippen molar-refractivity contribution in [2.45, 2.75) is 0 Å². The normalized spacial score (nSPS) is 12.1. The van der Waals surface area contributed by atoms with Gasteiger partial charge in [0, 0.05) is 71.5 Å². The van der Waals surface area contributed by atoms with E-state index in [1.165, 1.54) is 21.5 Å². The summed E-state index contributed by atoms with van der Waals surface area (Å²) in [6.45, 7) is 0. The summed E-state index contributed by atoms with van der Waals surface area (Å²) < 4.78 is 17.9. The van der Waals surface area contributed by atoms with Crippen LogP contribution in [-0.4, -0.2) is 24.1 Å². The fraction of sp³-hybridized carbons (Fsp3) is 0. The number of hydrogen-bond donors (Lipinski definition) is 0. The predicted molar refractivity (Wildman–Crippen MR) is 277 cm³/mol. The van der Waals surface area contributed by atoms with E-state index in [9.17, 15) is 0 Å². The van der Waals surface area contributed by atoms with Crippen molar-refractivity contribution < 1.29 is 8.83 Å². The first kappa shape index (κ1) is 36.9. The summed E-state index contributed by atoms with van der Waals surface area (Å²) in [5, 5.41) is 11.0. The number of rotatable bonds is 5. The third-order valence-electron chi connectivity index (χ3n) is 13.7. The maximum Gasteiger partial charge on any atom is 0.164 e. The summed E-state index contributed by atoms with van der Waals surface area (Å²) in [5.41, 5.74) is 12.1. The van der Waals surface area contributed by atoms with Gasteiger partial charge in [0.15, 0.2) is 17.5 Å². The molecule has 0 amide bonds. The van der Waals surface area contributed by atoms with E-state index in [2.05, 4.69) is 191 Å². The zero-order chi connectivity index (χ0) is 44.5. The Hall–Kier alpha value is -9.33. The molecular weight excluding hydrogens is 835 g/mol. The first-order valence-corrected chi connectivity index (χ1v) is 22.8. The highest BCUT2D eigenvalue weighted by Gasteiger charge is 2.23. The fourth-order valence-electron chi connectivity index (χ4n) is 10.7. The molecule has 5 heterocycles. The molecule has 0 radical (unpaired) electrons. The van der Waals surface area contributed by atoms with Crippen molar-refractivity contribution in [3.8, 4) is 45.5 Å². The summed E-state index contributed by atoms with van der Waals surface area (Å²) in [6, 6.07) is 74.4. The van der Waals surface area contributed by atoms with Crippen molar-refractivity contribution in [3.63, 3.8) is 0 Å². The van der Waals surface area contributed by atoms with Gasteiger partial charge in [-0.3, -0.25) is 0 Å². The van der Waals surface area contributed by atoms with Gasteiger partial charge in [-0.05, 0) is 95.7 Å². The van der Waals surface area contributed by atoms with E-state index in [1.807, 2.05) is 30.3 Å². The average molecular weight is 870 g/mol. The van der Waals surface area contributed by atoms with Crippen molar-refractivity contribution in [1.82, 2.24) is 24.1 Å². The van der Waals surface area contributed by atoms with Crippen LogP contribution in [0, 0.1) is 0 Å². The van der Waals surface area contributed by atoms with E-state index in [0.29, 0.717) is 17.5 Å². The molecule has 10 aromatic carbocycles. The van der Waals surface area contributed by atoms with Crippen LogP contribution in [0.15, 0.2) is 221 Å². The van der Waals surface area contributed by atoms with E-state index in [0.717, 1.165) is 105 Å². The van der Waals surface area contributed by atoms with Crippen LogP contribution in [0.1, 0.15) is 0 Å². The van der Waals surface area contributed by atoms with Crippen molar-refractivity contribution in [1.29, 1.82) is 0 Å². The molecule has 0 saturated carbocycles. The molecule has 0 fully saturated rings. The van der Waals surface area contributed by atoms with Gasteiger partial charge in [-0.15, -0.1) is 0 Å². The Labute approximate surface area is 387 Å². The molecule has 15 rings (SSSR count). The number of benzene rings is 10. The van der Waals surface area contributed by atoms with Crippen molar-refractivity contribution in [2.75, 3.05) is 0 Å². The molecule has 7 heteroatoms. The van der Waals surface area contributed by atoms with Crippen LogP contribution in [0.5, 0.6) is 0 Å². The Morgan fingerprint density at radius 3 is 1.59 bits per heavy atom. The molecule has 5 aromatic heterocycles. The molecule has 0 spiro atoms. The first-order valence-electron chi connectivity index (χ1n) is 22.8. The summed E-state index contributed by atoms with van der Waals surface area (Å²) in [4.78, 5) is 16.2. The Bertz CT molecular complexity index is 4570. The standard InChI is InChI=1S/C61H35N5O2/c1-2-16-40(17-3-1)65-50-22-10-6-18-42(50)47-31-38(27-29-52(47)65)59-62-60(39-26-28-45-44-20-8-12-24-54(44)67-56(45)33-39)64-61(63-59)49-34-41(35-57-58(49)46-21-9-13-25-55(46)68-57)66-51-23-11-7-19-43(51)48-30-36-14-4-5-15-37(36)32-53(48)66/h1-35H. The van der Waals surface area contributed by atoms with Crippen LogP contribution in [0.4, 0.5) is 0 Å². The van der Waals surface area contributed by atoms with Gasteiger partial charge < -0.3 is 18.0 Å². The minimum absolute atomic E-state index is 0.533. The van der Waals surface area contributed by atoms with Crippen LogP contribution >= 0.6 is 0 Å². The summed E-state index contributed by atoms with van der Waals surface area (Å²) >= 11 is 0. The molecule has 0 aliphatic heterocycles. The zero-order valence-electron chi connectivity index (χ0n) is 36.3. The number of para-hydroxylation sites is 5. The largest absolute Gasteiger partial charge is 0.456 e. The van der Waals surface area contributed by atoms with Crippen molar-refractivity contribution in [3.05, 3.63) is 212 Å². The lowest BCUT2D eigenvalue weighted by Gasteiger charge is -2.13. The highest BCUT2D eigenvalue weighted by Crippen LogP contribution is 2.43. The lowest BCUT2D eigenvalue weighted by Crippen LogP contribution is -2.02. The molecule has 0 aliphatic carbocycles. The van der Waals surface area contributed by atoms with Gasteiger partial charge >= 0.3 is 0 Å². The van der Waals surface area contributed by atoms with Crippen LogP contribution < -0.4 is 0 Å². The zero-order valence-corrected chi connectivity index (χ0v) is 36.3. The maximum atomic E-state index is 6.78. The third kappa shape index (κ3) is 5.44. The average Bonchev–Trinajstić information content (AvgIpc) is 4.15. The lowest BCUT2D eigenvalue weighted by molar-refractivity contribution is 0.668. The molecule has 0 unspecified atom stereocenters. The highest BCUT2D eigenvalue weighted by atomic mass is 16.3. The number of nitrogens with zero attached hydrogens (tertiary/aromatic N) is 5. The van der Waals surface area contributed by atoms with Crippen LogP contribution in [0.3, 0.4) is 0 Å². The number of aromatic nitrogens is 5. The van der Waals surface area contributed by atoms with Crippen molar-refractivity contribution >= 4 is 98.3 Å². The first-order chi connectivity index (χ1) is 33.7. The smallest absolute Gasteiger partial charge is 0.164 e. The van der Waals surface area contributed by atoms with E-state index in [-0.39, 0.29) is 0 Å². The molecular formula is C61H35N5O2. The van der Waals surface area contributed by atoms with Crippen LogP contribution in [0.25, 0.3) is 144 Å². The number of furan rings is 2. The molecule has 0 bridgehead atoms. The van der Waals surface area contributed by atoms with Gasteiger partial charge in [0.25, 0.3) is 0 Å². The second kappa shape index (κ2) is 14.1. The summed E-state index contributed by atoms with van der Waals surface area (Å²) in [6.07, 6.45) is 0. The van der Waals surface area contributed by atoms with Gasteiger partial charge in [0.2, 0.25) is 0 Å². The maximum absolute atomic E-state index is 6.78. The van der Waals surface area contributed by atoms with Gasteiger partial charge in [-0.2, -0.15) is 0 Å². The molecule has 0 saturated heterocycles. The minimum Gasteiger partial charge on any atom is -0.456 e. The third-order valence-corrected chi connectivity index (χ3v) is 13.7. The van der Waals surface area contributed by atoms with Crippen LogP contribution in [-0.2, 0) is 0 Å². The molecule has 0 aliphatic rings. The monoisotopic (exact) mass is 869 g/mol. The molecule has 7 nitrogen and oxygen atoms in total. The number of hydrogen-bond acceptors (Lipinski definition) is 5. The lowest BCUT2D eigenvalue weighted by atomic mass is 10.0. The highest BCUT2D eigenvalue weighted by molar-refractivity contribution is 6.16. The SMILES string of the molecule is c1ccc(-n2c3ccccc3c3cc(-c4nc(-c5ccc6c(c5)oc5ccccc56)nc(-c5cc(-n6c7ccccc7c7cc8ccccc8cc76)cc6oc7ccccc7c56)n4)ccc32)cc1. The van der Waals surface area contributed by atoms with Gasteiger partial charge in [-0.25, -0.2) is 15.0 Å². The second-order valence-electron chi connectivity index (χ2n) is 17.6. The summed E-state index contributed by atoms with van der Waals surface area (Å²) in [5.74, 6) is 1.63. The van der Waals surface area contributed by atoms with Gasteiger partial charge in [0.05, 0.1) is 27.8 Å². The van der Waals surface area contributed by atoms with E-state index >= 15 is 0 Å². The predicted octanol–water partition coefficient (Wildman–Crippen LogP) is 16.0. The Morgan fingerprint density at radius 1 is 0.294 bits per heavy atom. The molecule has 0 N–H and O–H groups in total. The van der Waals surface area contributed by atoms with Gasteiger partial charge in [0.1, 0.15) is 22.3 Å². The topological polar surface area (TPSA) is 74.8 Å². The molecule has 15 aromatic rings. The molecule has 316 valence electrons. The Morgan fingerprint density at radius 2 is 0.824 bits per heavy atom. The van der Waals surface area contributed by atoms with Crippen molar-refractivity contribution in [2.24, 2.45) is 0 Å².